The van der Waals surface area contributed by atoms with Gasteiger partial charge in [0.15, 0.2) is 6.17 Å². The van der Waals surface area contributed by atoms with Gasteiger partial charge in [0.2, 0.25) is 0 Å². The molecule has 4 N–H and O–H groups in total. The summed E-state index contributed by atoms with van der Waals surface area (Å²) in [5.74, 6) is 0.790. The third-order valence-corrected chi connectivity index (χ3v) is 8.22. The van der Waals surface area contributed by atoms with Gasteiger partial charge in [-0.2, -0.15) is 0 Å². The van der Waals surface area contributed by atoms with E-state index < -0.39 is 6.17 Å². The molecule has 0 heterocycles. The van der Waals surface area contributed by atoms with Crippen molar-refractivity contribution in [2.24, 2.45) is 20.0 Å². The molecule has 0 bridgehead atoms. The molecule has 0 fully saturated rings. The Morgan fingerprint density at radius 1 is 0.464 bits per heavy atom. The second kappa shape index (κ2) is 25.8. The first kappa shape index (κ1) is 47.0. The smallest absolute Gasteiger partial charge is 0.166 e. The minimum absolute atomic E-state index is 0. The predicted molar refractivity (Wildman–Crippen MR) is 223 cm³/mol. The Hall–Kier alpha value is -5.18. The Bertz CT molecular complexity index is 2160. The number of nitrogens with zero attached hydrogens (tertiary/aromatic N) is 4. The van der Waals surface area contributed by atoms with Gasteiger partial charge in [-0.05, 0) is 73.2 Å². The summed E-state index contributed by atoms with van der Waals surface area (Å²) in [5.41, 5.74) is 4.35. The van der Waals surface area contributed by atoms with Crippen molar-refractivity contribution in [3.05, 3.63) is 189 Å². The van der Waals surface area contributed by atoms with Crippen LogP contribution in [0.15, 0.2) is 166 Å². The maximum absolute atomic E-state index is 9.90. The van der Waals surface area contributed by atoms with E-state index in [0.29, 0.717) is 33.3 Å². The standard InChI is InChI=1S/C21H17ClN2O2.C14H12ClNO.C9H11NO.2Cu/c22-18-10-4-3-9-17(18)21(23-13-15-7-1-5-11-19(15)25)24-14-16-8-2-6-12-20(16)26;15-13-7-3-1-5-11(13)9-16-10-12-6-2-4-8-14(12)17;1-2-10-7-8-5-3-4-6-9(8)11;;/h1-14,21,25-26H;1-8,10,17H,9H2;3-7,11H,2H2,1H3;;/b23-13+,24-14+;;;;. The van der Waals surface area contributed by atoms with Gasteiger partial charge < -0.3 is 20.4 Å². The van der Waals surface area contributed by atoms with Crippen LogP contribution in [0.4, 0.5) is 0 Å². The molecule has 0 spiro atoms. The Morgan fingerprint density at radius 3 is 1.23 bits per heavy atom. The quantitative estimate of drug-likeness (QED) is 0.0806. The molecule has 6 rings (SSSR count). The van der Waals surface area contributed by atoms with Gasteiger partial charge in [-0.15, -0.1) is 0 Å². The molecule has 8 nitrogen and oxygen atoms in total. The fourth-order valence-electron chi connectivity index (χ4n) is 4.63. The SMILES string of the molecule is CCN=Cc1ccccc1O.Oc1ccccc1/C=N/C(/N=C/c1ccccc1O)c1ccccc1Cl.Oc1ccccc1C=NCc1ccccc1Cl.[Cu].[Cu]. The molecule has 0 aliphatic rings. The van der Waals surface area contributed by atoms with Crippen LogP contribution in [0.1, 0.15) is 46.5 Å². The number of hydrogen-bond donors (Lipinski definition) is 4. The van der Waals surface area contributed by atoms with E-state index in [1.807, 2.05) is 85.8 Å². The van der Waals surface area contributed by atoms with Crippen LogP contribution < -0.4 is 0 Å². The van der Waals surface area contributed by atoms with Gasteiger partial charge >= 0.3 is 0 Å². The number of para-hydroxylation sites is 4. The van der Waals surface area contributed by atoms with E-state index in [4.69, 9.17) is 23.2 Å². The molecule has 0 amide bonds. The van der Waals surface area contributed by atoms with Crippen LogP contribution in [0, 0.1) is 0 Å². The van der Waals surface area contributed by atoms with E-state index in [1.165, 1.54) is 0 Å². The minimum atomic E-state index is -0.608. The largest absolute Gasteiger partial charge is 0.507 e. The monoisotopic (exact) mass is 884 g/mol. The molecule has 0 aromatic heterocycles. The van der Waals surface area contributed by atoms with Crippen LogP contribution in [-0.4, -0.2) is 51.8 Å². The molecule has 296 valence electrons. The van der Waals surface area contributed by atoms with Gasteiger partial charge in [-0.25, -0.2) is 0 Å². The number of aromatic hydroxyl groups is 4. The van der Waals surface area contributed by atoms with Crippen molar-refractivity contribution in [3.63, 3.8) is 0 Å². The summed E-state index contributed by atoms with van der Waals surface area (Å²) in [6, 6.07) is 43.0. The van der Waals surface area contributed by atoms with Crippen LogP contribution in [0.5, 0.6) is 23.0 Å². The Balaban J connectivity index is 0.000000311. The summed E-state index contributed by atoms with van der Waals surface area (Å²) in [6.45, 7) is 3.21. The van der Waals surface area contributed by atoms with Gasteiger partial charge in [-0.3, -0.25) is 20.0 Å². The van der Waals surface area contributed by atoms with Gasteiger partial charge in [-0.1, -0.05) is 108 Å². The number of benzene rings is 6. The van der Waals surface area contributed by atoms with Crippen molar-refractivity contribution < 1.29 is 54.6 Å². The first-order chi connectivity index (χ1) is 26.3. The van der Waals surface area contributed by atoms with Gasteiger partial charge in [0.05, 0.1) is 6.54 Å². The van der Waals surface area contributed by atoms with E-state index in [0.717, 1.165) is 23.2 Å². The summed E-state index contributed by atoms with van der Waals surface area (Å²) in [5, 5.41) is 39.9. The van der Waals surface area contributed by atoms with Crippen LogP contribution in [0.2, 0.25) is 10.0 Å². The topological polar surface area (TPSA) is 130 Å². The second-order valence-electron chi connectivity index (χ2n) is 11.4. The van der Waals surface area contributed by atoms with E-state index in [2.05, 4.69) is 20.0 Å². The molecular weight excluding hydrogens is 847 g/mol. The van der Waals surface area contributed by atoms with Gasteiger partial charge in [0.25, 0.3) is 0 Å². The van der Waals surface area contributed by atoms with E-state index in [-0.39, 0.29) is 57.1 Å². The molecular formula is C44H40Cl2Cu2N4O4. The molecule has 0 aliphatic carbocycles. The van der Waals surface area contributed by atoms with E-state index in [9.17, 15) is 20.4 Å². The minimum Gasteiger partial charge on any atom is -0.507 e. The average Bonchev–Trinajstić information content (AvgIpc) is 3.18. The molecule has 0 atom stereocenters. The zero-order chi connectivity index (χ0) is 38.5. The molecule has 2 radical (unpaired) electrons. The number of phenolic OH excluding ortho intramolecular Hbond substituents is 4. The Kier molecular flexibility index (Phi) is 21.7. The maximum Gasteiger partial charge on any atom is 0.166 e. The van der Waals surface area contributed by atoms with E-state index in [1.54, 1.807) is 91.6 Å². The molecule has 0 saturated heterocycles. The Labute approximate surface area is 358 Å². The molecule has 0 saturated carbocycles. The molecule has 12 heteroatoms. The van der Waals surface area contributed by atoms with Crippen LogP contribution in [0.25, 0.3) is 0 Å². The van der Waals surface area contributed by atoms with Crippen molar-refractivity contribution in [2.75, 3.05) is 6.54 Å². The molecule has 0 aliphatic heterocycles. The average molecular weight is 887 g/mol. The zero-order valence-corrected chi connectivity index (χ0v) is 33.5. The first-order valence-electron chi connectivity index (χ1n) is 16.9. The molecule has 6 aromatic carbocycles. The molecule has 56 heavy (non-hydrogen) atoms. The zero-order valence-electron chi connectivity index (χ0n) is 30.1. The molecule has 0 unspecified atom stereocenters. The summed E-state index contributed by atoms with van der Waals surface area (Å²) in [4.78, 5) is 17.2. The molecule has 6 aromatic rings. The normalized spacial score (nSPS) is 10.8. The summed E-state index contributed by atoms with van der Waals surface area (Å²) >= 11 is 12.3. The number of halogens is 2. The maximum atomic E-state index is 9.90. The number of aliphatic imine (C=N–C) groups is 4. The summed E-state index contributed by atoms with van der Waals surface area (Å²) < 4.78 is 0. The van der Waals surface area contributed by atoms with Crippen LogP contribution >= 0.6 is 23.2 Å². The Morgan fingerprint density at radius 2 is 0.821 bits per heavy atom. The third-order valence-electron chi connectivity index (χ3n) is 7.50. The number of phenols is 4. The fourth-order valence-corrected chi connectivity index (χ4v) is 5.06. The first-order valence-corrected chi connectivity index (χ1v) is 17.7. The predicted octanol–water partition coefficient (Wildman–Crippen LogP) is 10.5. The van der Waals surface area contributed by atoms with Crippen molar-refractivity contribution in [1.82, 2.24) is 0 Å². The van der Waals surface area contributed by atoms with Crippen molar-refractivity contribution >= 4 is 48.1 Å². The number of hydrogen-bond acceptors (Lipinski definition) is 8. The summed E-state index contributed by atoms with van der Waals surface area (Å²) in [6.07, 6.45) is 5.84. The van der Waals surface area contributed by atoms with Crippen LogP contribution in [-0.2, 0) is 40.7 Å². The second-order valence-corrected chi connectivity index (χ2v) is 12.2. The van der Waals surface area contributed by atoms with E-state index >= 15 is 0 Å². The van der Waals surface area contributed by atoms with Gasteiger partial charge in [0, 0.05) is 103 Å². The van der Waals surface area contributed by atoms with Crippen molar-refractivity contribution in [3.8, 4) is 23.0 Å². The fraction of sp³-hybridized carbons (Fsp3) is 0.0909. The number of rotatable bonds is 10. The third kappa shape index (κ3) is 15.5. The summed E-state index contributed by atoms with van der Waals surface area (Å²) in [7, 11) is 0. The van der Waals surface area contributed by atoms with Gasteiger partial charge in [0.1, 0.15) is 23.0 Å². The van der Waals surface area contributed by atoms with Crippen molar-refractivity contribution in [1.29, 1.82) is 0 Å². The van der Waals surface area contributed by atoms with Crippen molar-refractivity contribution in [2.45, 2.75) is 19.6 Å². The van der Waals surface area contributed by atoms with Crippen LogP contribution in [0.3, 0.4) is 0 Å².